The number of carbonyl (C=O) groups is 2. The number of rotatable bonds is 4. The lowest BCUT2D eigenvalue weighted by Crippen LogP contribution is -2.31. The van der Waals surface area contributed by atoms with E-state index >= 15 is 0 Å². The van der Waals surface area contributed by atoms with Crippen LogP contribution >= 0.6 is 0 Å². The number of amides is 1. The zero-order valence-electron chi connectivity index (χ0n) is 18.1. The highest BCUT2D eigenvalue weighted by atomic mass is 19.4. The molecule has 0 atom stereocenters. The van der Waals surface area contributed by atoms with E-state index in [0.717, 1.165) is 23.4 Å². The molecule has 1 amide bonds. The molecule has 1 aromatic carbocycles. The minimum atomic E-state index is -5.08. The van der Waals surface area contributed by atoms with Crippen LogP contribution in [0.2, 0.25) is 0 Å². The third-order valence-corrected chi connectivity index (χ3v) is 4.72. The molecule has 0 saturated heterocycles. The summed E-state index contributed by atoms with van der Waals surface area (Å²) in [6.45, 7) is 0.593. The Morgan fingerprint density at radius 3 is 2.39 bits per heavy atom. The summed E-state index contributed by atoms with van der Waals surface area (Å²) in [5, 5.41) is 9.92. The summed E-state index contributed by atoms with van der Waals surface area (Å²) in [6, 6.07) is 11.3. The number of aromatic nitrogens is 2. The Hall–Kier alpha value is -4.29. The van der Waals surface area contributed by atoms with Crippen LogP contribution in [0.1, 0.15) is 27.3 Å². The minimum absolute atomic E-state index is 0.107. The summed E-state index contributed by atoms with van der Waals surface area (Å²) in [7, 11) is 0. The monoisotopic (exact) mass is 513 g/mol. The highest BCUT2D eigenvalue weighted by molar-refractivity contribution is 5.97. The van der Waals surface area contributed by atoms with Crippen LogP contribution in [0.5, 0.6) is 5.75 Å². The number of para-hydroxylation sites is 1. The van der Waals surface area contributed by atoms with Crippen molar-refractivity contribution in [3.05, 3.63) is 71.2 Å². The SMILES string of the molecule is O=C(O)C(F)(F)F.O=C1NCCc2[nH]c(-c3ccnc(/C=C/c4ccccc4OC(F)(F)F)c3)cc21. The van der Waals surface area contributed by atoms with Crippen molar-refractivity contribution in [3.8, 4) is 17.0 Å². The van der Waals surface area contributed by atoms with Crippen molar-refractivity contribution < 1.29 is 45.8 Å². The number of aliphatic carboxylic acids is 1. The molecular weight excluding hydrogens is 496 g/mol. The first-order valence-electron chi connectivity index (χ1n) is 10.1. The van der Waals surface area contributed by atoms with Crippen molar-refractivity contribution in [1.29, 1.82) is 0 Å². The predicted octanol–water partition coefficient (Wildman–Crippen LogP) is 5.06. The van der Waals surface area contributed by atoms with Gasteiger partial charge >= 0.3 is 18.5 Å². The molecule has 4 rings (SSSR count). The maximum absolute atomic E-state index is 12.6. The van der Waals surface area contributed by atoms with Gasteiger partial charge in [-0.15, -0.1) is 13.2 Å². The first kappa shape index (κ1) is 26.3. The molecule has 2 aromatic heterocycles. The number of benzene rings is 1. The fourth-order valence-electron chi connectivity index (χ4n) is 3.17. The number of alkyl halides is 6. The van der Waals surface area contributed by atoms with Gasteiger partial charge in [-0.2, -0.15) is 13.2 Å². The first-order valence-corrected chi connectivity index (χ1v) is 10.1. The number of nitrogens with zero attached hydrogens (tertiary/aromatic N) is 1. The van der Waals surface area contributed by atoms with Crippen molar-refractivity contribution in [1.82, 2.24) is 15.3 Å². The lowest BCUT2D eigenvalue weighted by atomic mass is 10.1. The van der Waals surface area contributed by atoms with Gasteiger partial charge in [0.05, 0.1) is 11.3 Å². The zero-order chi connectivity index (χ0) is 26.5. The van der Waals surface area contributed by atoms with Gasteiger partial charge in [-0.3, -0.25) is 9.78 Å². The van der Waals surface area contributed by atoms with Crippen LogP contribution < -0.4 is 10.1 Å². The highest BCUT2D eigenvalue weighted by Gasteiger charge is 2.38. The molecule has 36 heavy (non-hydrogen) atoms. The third-order valence-electron chi connectivity index (χ3n) is 4.72. The van der Waals surface area contributed by atoms with E-state index in [1.54, 1.807) is 36.5 Å². The van der Waals surface area contributed by atoms with Crippen molar-refractivity contribution in [2.24, 2.45) is 0 Å². The molecule has 1 aliphatic rings. The Morgan fingerprint density at radius 1 is 1.06 bits per heavy atom. The van der Waals surface area contributed by atoms with Crippen LogP contribution in [-0.2, 0) is 11.2 Å². The molecule has 7 nitrogen and oxygen atoms in total. The fraction of sp³-hybridized carbons (Fsp3) is 0.174. The van der Waals surface area contributed by atoms with E-state index in [4.69, 9.17) is 9.90 Å². The molecule has 13 heteroatoms. The number of H-pyrrole nitrogens is 1. The van der Waals surface area contributed by atoms with Gasteiger partial charge in [0.15, 0.2) is 0 Å². The maximum atomic E-state index is 12.6. The van der Waals surface area contributed by atoms with Crippen LogP contribution in [0.4, 0.5) is 26.3 Å². The average molecular weight is 513 g/mol. The molecule has 0 saturated carbocycles. The molecule has 0 unspecified atom stereocenters. The zero-order valence-corrected chi connectivity index (χ0v) is 18.1. The maximum Gasteiger partial charge on any atom is 0.573 e. The number of ether oxygens (including phenoxy) is 1. The third kappa shape index (κ3) is 7.10. The summed E-state index contributed by atoms with van der Waals surface area (Å²) in [4.78, 5) is 28.3. The molecule has 190 valence electrons. The van der Waals surface area contributed by atoms with E-state index < -0.39 is 18.5 Å². The second-order valence-corrected chi connectivity index (χ2v) is 7.27. The summed E-state index contributed by atoms with van der Waals surface area (Å²) >= 11 is 0. The van der Waals surface area contributed by atoms with Crippen LogP contribution in [-0.4, -0.2) is 46.0 Å². The highest BCUT2D eigenvalue weighted by Crippen LogP contribution is 2.28. The van der Waals surface area contributed by atoms with Crippen LogP contribution in [0.15, 0.2) is 48.7 Å². The van der Waals surface area contributed by atoms with Gasteiger partial charge in [0.1, 0.15) is 5.75 Å². The normalized spacial score (nSPS) is 13.4. The second kappa shape index (κ2) is 10.5. The average Bonchev–Trinajstić information content (AvgIpc) is 3.23. The van der Waals surface area contributed by atoms with Gasteiger partial charge in [0, 0.05) is 41.7 Å². The summed E-state index contributed by atoms with van der Waals surface area (Å²) in [5.41, 5.74) is 3.95. The first-order chi connectivity index (χ1) is 16.8. The Balaban J connectivity index is 0.000000454. The van der Waals surface area contributed by atoms with E-state index in [0.29, 0.717) is 17.8 Å². The lowest BCUT2D eigenvalue weighted by molar-refractivity contribution is -0.274. The number of hydrogen-bond acceptors (Lipinski definition) is 4. The topological polar surface area (TPSA) is 104 Å². The van der Waals surface area contributed by atoms with Crippen molar-refractivity contribution in [2.75, 3.05) is 6.54 Å². The number of nitrogens with one attached hydrogen (secondary N) is 2. The molecule has 0 radical (unpaired) electrons. The summed E-state index contributed by atoms with van der Waals surface area (Å²) < 4.78 is 73.5. The molecule has 3 N–H and O–H groups in total. The van der Waals surface area contributed by atoms with E-state index in [-0.39, 0.29) is 17.2 Å². The Kier molecular flexibility index (Phi) is 7.71. The Labute approximate surface area is 199 Å². The van der Waals surface area contributed by atoms with Gasteiger partial charge in [0.2, 0.25) is 0 Å². The Bertz CT molecular complexity index is 1280. The van der Waals surface area contributed by atoms with Gasteiger partial charge in [-0.05, 0) is 36.4 Å². The number of fused-ring (bicyclic) bond motifs is 1. The van der Waals surface area contributed by atoms with Gasteiger partial charge in [-0.25, -0.2) is 4.79 Å². The summed E-state index contributed by atoms with van der Waals surface area (Å²) in [5.74, 6) is -3.15. The van der Waals surface area contributed by atoms with Crippen LogP contribution in [0.25, 0.3) is 23.4 Å². The van der Waals surface area contributed by atoms with Gasteiger partial charge in [-0.1, -0.05) is 18.2 Å². The fourth-order valence-corrected chi connectivity index (χ4v) is 3.17. The molecular formula is C23H17F6N3O4. The number of carbonyl (C=O) groups excluding carboxylic acids is 1. The second-order valence-electron chi connectivity index (χ2n) is 7.27. The molecule has 3 aromatic rings. The summed E-state index contributed by atoms with van der Waals surface area (Å²) in [6.07, 6.45) is -4.39. The van der Waals surface area contributed by atoms with Crippen molar-refractivity contribution in [2.45, 2.75) is 19.0 Å². The number of halogens is 6. The van der Waals surface area contributed by atoms with Gasteiger partial charge < -0.3 is 20.1 Å². The molecule has 1 aliphatic heterocycles. The van der Waals surface area contributed by atoms with Gasteiger partial charge in [0.25, 0.3) is 5.91 Å². The molecule has 0 fully saturated rings. The number of hydrogen-bond donors (Lipinski definition) is 3. The largest absolute Gasteiger partial charge is 0.573 e. The van der Waals surface area contributed by atoms with E-state index in [9.17, 15) is 31.1 Å². The molecule has 0 bridgehead atoms. The number of carboxylic acids is 1. The number of carboxylic acid groups (broad SMARTS) is 1. The quantitative estimate of drug-likeness (QED) is 0.423. The smallest absolute Gasteiger partial charge is 0.475 e. The number of pyridine rings is 1. The standard InChI is InChI=1S/C21H16F3N3O2.C2HF3O2/c22-21(23,24)29-19-4-2-1-3-13(19)5-6-15-11-14(7-9-25-15)18-12-16-17(27-18)8-10-26-20(16)28;3-2(4,5)1(6)7/h1-7,9,11-12,27H,8,10H2,(H,26,28);(H,6,7)/b6-5+;. The van der Waals surface area contributed by atoms with Crippen LogP contribution in [0.3, 0.4) is 0 Å². The van der Waals surface area contributed by atoms with E-state index in [1.807, 2.05) is 0 Å². The van der Waals surface area contributed by atoms with Crippen LogP contribution in [0, 0.1) is 0 Å². The lowest BCUT2D eigenvalue weighted by Gasteiger charge is -2.11. The predicted molar refractivity (Wildman–Crippen MR) is 116 cm³/mol. The van der Waals surface area contributed by atoms with Crippen molar-refractivity contribution >= 4 is 24.0 Å². The molecule has 3 heterocycles. The minimum Gasteiger partial charge on any atom is -0.475 e. The van der Waals surface area contributed by atoms with Crippen molar-refractivity contribution in [3.63, 3.8) is 0 Å². The molecule has 0 aliphatic carbocycles. The Morgan fingerprint density at radius 2 is 1.75 bits per heavy atom. The molecule has 0 spiro atoms. The van der Waals surface area contributed by atoms with E-state index in [1.165, 1.54) is 24.3 Å². The van der Waals surface area contributed by atoms with E-state index in [2.05, 4.69) is 20.0 Å². The number of aromatic amines is 1.